The number of nitrogens with one attached hydrogen (secondary N) is 1. The molecule has 0 saturated carbocycles. The highest BCUT2D eigenvalue weighted by molar-refractivity contribution is 5.93. The first kappa shape index (κ1) is 14.0. The third kappa shape index (κ3) is 2.96. The first-order valence-corrected chi connectivity index (χ1v) is 6.43. The normalized spacial score (nSPS) is 12.6. The third-order valence-corrected chi connectivity index (χ3v) is 3.20. The zero-order valence-corrected chi connectivity index (χ0v) is 11.4. The molecular formula is C14H17N3O3. The van der Waals surface area contributed by atoms with Crippen LogP contribution in [0.3, 0.4) is 0 Å². The van der Waals surface area contributed by atoms with Crippen LogP contribution in [0.5, 0.6) is 0 Å². The lowest BCUT2D eigenvalue weighted by atomic mass is 9.96. The number of pyridine rings is 1. The number of imidazole rings is 1. The van der Waals surface area contributed by atoms with Crippen molar-refractivity contribution in [2.75, 3.05) is 6.54 Å². The van der Waals surface area contributed by atoms with Gasteiger partial charge in [0.15, 0.2) is 0 Å². The fourth-order valence-corrected chi connectivity index (χ4v) is 1.95. The van der Waals surface area contributed by atoms with E-state index in [1.54, 1.807) is 22.9 Å². The van der Waals surface area contributed by atoms with E-state index in [2.05, 4.69) is 10.3 Å². The molecule has 0 spiro atoms. The topological polar surface area (TPSA) is 83.7 Å². The van der Waals surface area contributed by atoms with Gasteiger partial charge in [0.1, 0.15) is 11.3 Å². The monoisotopic (exact) mass is 275 g/mol. The lowest BCUT2D eigenvalue weighted by Gasteiger charge is -2.16. The summed E-state index contributed by atoms with van der Waals surface area (Å²) in [6.45, 7) is 3.73. The van der Waals surface area contributed by atoms with E-state index in [-0.39, 0.29) is 24.1 Å². The maximum atomic E-state index is 12.0. The second kappa shape index (κ2) is 5.73. The molecule has 2 aromatic rings. The molecule has 106 valence electrons. The summed E-state index contributed by atoms with van der Waals surface area (Å²) >= 11 is 0. The van der Waals surface area contributed by atoms with E-state index >= 15 is 0 Å². The van der Waals surface area contributed by atoms with Crippen molar-refractivity contribution < 1.29 is 14.7 Å². The second-order valence-corrected chi connectivity index (χ2v) is 4.99. The second-order valence-electron chi connectivity index (χ2n) is 4.99. The molecule has 1 amide bonds. The van der Waals surface area contributed by atoms with Crippen LogP contribution >= 0.6 is 0 Å². The Labute approximate surface area is 116 Å². The number of nitrogens with zero attached hydrogens (tertiary/aromatic N) is 2. The minimum Gasteiger partial charge on any atom is -0.481 e. The average Bonchev–Trinajstić information content (AvgIpc) is 2.81. The number of carboxylic acid groups (broad SMARTS) is 1. The third-order valence-electron chi connectivity index (χ3n) is 3.20. The summed E-state index contributed by atoms with van der Waals surface area (Å²) in [7, 11) is 0. The van der Waals surface area contributed by atoms with E-state index in [0.29, 0.717) is 5.65 Å². The van der Waals surface area contributed by atoms with Gasteiger partial charge in [-0.1, -0.05) is 19.9 Å². The van der Waals surface area contributed by atoms with E-state index in [4.69, 9.17) is 5.11 Å². The summed E-state index contributed by atoms with van der Waals surface area (Å²) in [5.74, 6) is -1.92. The number of amides is 1. The molecule has 6 heteroatoms. The van der Waals surface area contributed by atoms with Gasteiger partial charge in [0.05, 0.1) is 5.92 Å². The van der Waals surface area contributed by atoms with Crippen LogP contribution in [-0.2, 0) is 4.79 Å². The van der Waals surface area contributed by atoms with Crippen molar-refractivity contribution in [2.24, 2.45) is 11.8 Å². The SMILES string of the molecule is CC(C)C(CNC(=O)c1cn2ccccc2n1)C(=O)O. The summed E-state index contributed by atoms with van der Waals surface area (Å²) in [5.41, 5.74) is 0.959. The molecule has 0 radical (unpaired) electrons. The van der Waals surface area contributed by atoms with Gasteiger partial charge in [0.25, 0.3) is 5.91 Å². The Bertz CT molecular complexity index is 600. The summed E-state index contributed by atoms with van der Waals surface area (Å²) in [4.78, 5) is 27.2. The molecule has 0 aliphatic heterocycles. The molecule has 0 fully saturated rings. The van der Waals surface area contributed by atoms with Gasteiger partial charge in [-0.2, -0.15) is 0 Å². The van der Waals surface area contributed by atoms with Gasteiger partial charge in [-0.3, -0.25) is 9.59 Å². The minimum absolute atomic E-state index is 0.0473. The number of aromatic nitrogens is 2. The predicted molar refractivity (Wildman–Crippen MR) is 73.5 cm³/mol. The number of hydrogen-bond donors (Lipinski definition) is 2. The number of carbonyl (C=O) groups is 2. The van der Waals surface area contributed by atoms with Gasteiger partial charge < -0.3 is 14.8 Å². The average molecular weight is 275 g/mol. The van der Waals surface area contributed by atoms with Gasteiger partial charge in [0.2, 0.25) is 0 Å². The van der Waals surface area contributed by atoms with Crippen LogP contribution in [0.1, 0.15) is 24.3 Å². The number of hydrogen-bond acceptors (Lipinski definition) is 3. The lowest BCUT2D eigenvalue weighted by molar-refractivity contribution is -0.142. The summed E-state index contributed by atoms with van der Waals surface area (Å²) in [5, 5.41) is 11.7. The molecule has 0 aromatic carbocycles. The van der Waals surface area contributed by atoms with Crippen LogP contribution in [0.2, 0.25) is 0 Å². The van der Waals surface area contributed by atoms with Crippen molar-refractivity contribution in [2.45, 2.75) is 13.8 Å². The minimum atomic E-state index is -0.907. The highest BCUT2D eigenvalue weighted by atomic mass is 16.4. The molecule has 20 heavy (non-hydrogen) atoms. The molecule has 6 nitrogen and oxygen atoms in total. The number of carbonyl (C=O) groups excluding carboxylic acids is 1. The number of rotatable bonds is 5. The van der Waals surface area contributed by atoms with Gasteiger partial charge in [-0.15, -0.1) is 0 Å². The smallest absolute Gasteiger partial charge is 0.308 e. The van der Waals surface area contributed by atoms with Crippen LogP contribution in [0.25, 0.3) is 5.65 Å². The zero-order chi connectivity index (χ0) is 14.7. The molecule has 0 aliphatic carbocycles. The first-order chi connectivity index (χ1) is 9.49. The number of carboxylic acids is 1. The maximum Gasteiger partial charge on any atom is 0.308 e. The van der Waals surface area contributed by atoms with E-state index in [9.17, 15) is 9.59 Å². The van der Waals surface area contributed by atoms with Crippen LogP contribution in [0, 0.1) is 11.8 Å². The Hall–Kier alpha value is -2.37. The van der Waals surface area contributed by atoms with E-state index in [0.717, 1.165) is 0 Å². The Balaban J connectivity index is 2.06. The summed E-state index contributed by atoms with van der Waals surface area (Å²) in [6.07, 6.45) is 3.42. The maximum absolute atomic E-state index is 12.0. The standard InChI is InChI=1S/C14H17N3O3/c1-9(2)10(14(19)20)7-15-13(18)11-8-17-6-4-3-5-12(17)16-11/h3-6,8-10H,7H2,1-2H3,(H,15,18)(H,19,20). The molecule has 0 aliphatic rings. The molecule has 0 bridgehead atoms. The van der Waals surface area contributed by atoms with Crippen molar-refractivity contribution in [3.63, 3.8) is 0 Å². The van der Waals surface area contributed by atoms with Gasteiger partial charge in [0, 0.05) is 18.9 Å². The number of fused-ring (bicyclic) bond motifs is 1. The highest BCUT2D eigenvalue weighted by Gasteiger charge is 2.22. The van der Waals surface area contributed by atoms with Crippen LogP contribution in [0.15, 0.2) is 30.6 Å². The Kier molecular flexibility index (Phi) is 4.02. The van der Waals surface area contributed by atoms with E-state index < -0.39 is 11.9 Å². The molecule has 2 N–H and O–H groups in total. The lowest BCUT2D eigenvalue weighted by Crippen LogP contribution is -2.35. The molecule has 2 rings (SSSR count). The molecule has 2 aromatic heterocycles. The quantitative estimate of drug-likeness (QED) is 0.864. The molecular weight excluding hydrogens is 258 g/mol. The van der Waals surface area contributed by atoms with Crippen molar-refractivity contribution in [3.8, 4) is 0 Å². The fraction of sp³-hybridized carbons (Fsp3) is 0.357. The van der Waals surface area contributed by atoms with E-state index in [1.165, 1.54) is 0 Å². The summed E-state index contributed by atoms with van der Waals surface area (Å²) in [6, 6.07) is 5.48. The largest absolute Gasteiger partial charge is 0.481 e. The highest BCUT2D eigenvalue weighted by Crippen LogP contribution is 2.10. The zero-order valence-electron chi connectivity index (χ0n) is 11.4. The van der Waals surface area contributed by atoms with Crippen LogP contribution < -0.4 is 5.32 Å². The molecule has 1 atom stereocenters. The predicted octanol–water partition coefficient (Wildman–Crippen LogP) is 1.42. The van der Waals surface area contributed by atoms with Crippen LogP contribution in [0.4, 0.5) is 0 Å². The molecule has 2 heterocycles. The fourth-order valence-electron chi connectivity index (χ4n) is 1.95. The summed E-state index contributed by atoms with van der Waals surface area (Å²) < 4.78 is 1.74. The molecule has 0 saturated heterocycles. The van der Waals surface area contributed by atoms with Crippen molar-refractivity contribution in [1.29, 1.82) is 0 Å². The first-order valence-electron chi connectivity index (χ1n) is 6.43. The van der Waals surface area contributed by atoms with Crippen molar-refractivity contribution >= 4 is 17.5 Å². The Morgan fingerprint density at radius 1 is 1.40 bits per heavy atom. The van der Waals surface area contributed by atoms with Crippen molar-refractivity contribution in [3.05, 3.63) is 36.3 Å². The van der Waals surface area contributed by atoms with Gasteiger partial charge >= 0.3 is 5.97 Å². The van der Waals surface area contributed by atoms with Gasteiger partial charge in [-0.05, 0) is 18.1 Å². The van der Waals surface area contributed by atoms with Gasteiger partial charge in [-0.25, -0.2) is 4.98 Å². The Morgan fingerprint density at radius 3 is 2.75 bits per heavy atom. The number of aliphatic carboxylic acids is 1. The molecule has 1 unspecified atom stereocenters. The van der Waals surface area contributed by atoms with Crippen LogP contribution in [-0.4, -0.2) is 32.9 Å². The van der Waals surface area contributed by atoms with Crippen molar-refractivity contribution in [1.82, 2.24) is 14.7 Å². The Morgan fingerprint density at radius 2 is 2.15 bits per heavy atom. The van der Waals surface area contributed by atoms with E-state index in [1.807, 2.05) is 26.0 Å².